The predicted octanol–water partition coefficient (Wildman–Crippen LogP) is 2.52. The van der Waals surface area contributed by atoms with Crippen LogP contribution in [0.5, 0.6) is 0 Å². The maximum Gasteiger partial charge on any atom is 0.315 e. The van der Waals surface area contributed by atoms with Crippen LogP contribution in [0.1, 0.15) is 47.0 Å². The van der Waals surface area contributed by atoms with Crippen molar-refractivity contribution in [1.82, 2.24) is 10.6 Å². The Kier molecular flexibility index (Phi) is 2.67. The minimum atomic E-state index is -0.00271. The molecule has 0 radical (unpaired) electrons. The first kappa shape index (κ1) is 11.7. The van der Waals surface area contributed by atoms with Crippen LogP contribution in [0.4, 0.5) is 4.79 Å². The molecule has 16 heavy (non-hydrogen) atoms. The number of rotatable bonds is 2. The van der Waals surface area contributed by atoms with Gasteiger partial charge >= 0.3 is 6.03 Å². The zero-order chi connectivity index (χ0) is 12.0. The highest BCUT2D eigenvalue weighted by Crippen LogP contribution is 2.65. The second kappa shape index (κ2) is 3.64. The maximum atomic E-state index is 11.6. The first-order valence-corrected chi connectivity index (χ1v) is 6.46. The summed E-state index contributed by atoms with van der Waals surface area (Å²) in [5.41, 5.74) is 0.653. The lowest BCUT2D eigenvalue weighted by atomic mass is 9.69. The monoisotopic (exact) mass is 224 g/mol. The third-order valence-corrected chi connectivity index (χ3v) is 5.44. The summed E-state index contributed by atoms with van der Waals surface area (Å²) < 4.78 is 0. The molecule has 2 amide bonds. The standard InChI is InChI=1S/C13H24N2O/c1-5-14-11(16)15-10-8-9-6-7-13(10,4)12(9,2)3/h9-10H,5-8H2,1-4H3,(H2,14,15,16). The third-order valence-electron chi connectivity index (χ3n) is 5.44. The number of amides is 2. The van der Waals surface area contributed by atoms with E-state index >= 15 is 0 Å². The summed E-state index contributed by atoms with van der Waals surface area (Å²) >= 11 is 0. The van der Waals surface area contributed by atoms with Crippen LogP contribution in [0.2, 0.25) is 0 Å². The average molecular weight is 224 g/mol. The molecule has 3 nitrogen and oxygen atoms in total. The second-order valence-electron chi connectivity index (χ2n) is 6.17. The van der Waals surface area contributed by atoms with Gasteiger partial charge in [0, 0.05) is 12.6 Å². The number of hydrogen-bond acceptors (Lipinski definition) is 1. The molecule has 2 rings (SSSR count). The van der Waals surface area contributed by atoms with Crippen molar-refractivity contribution in [3.63, 3.8) is 0 Å². The van der Waals surface area contributed by atoms with E-state index in [1.165, 1.54) is 12.8 Å². The molecule has 0 aliphatic heterocycles. The average Bonchev–Trinajstić information content (AvgIpc) is 2.51. The van der Waals surface area contributed by atoms with Crippen molar-refractivity contribution < 1.29 is 4.79 Å². The number of hydrogen-bond donors (Lipinski definition) is 2. The first-order chi connectivity index (χ1) is 7.41. The molecule has 3 unspecified atom stereocenters. The second-order valence-corrected chi connectivity index (χ2v) is 6.17. The van der Waals surface area contributed by atoms with Crippen LogP contribution in [-0.4, -0.2) is 18.6 Å². The van der Waals surface area contributed by atoms with Gasteiger partial charge < -0.3 is 10.6 Å². The zero-order valence-corrected chi connectivity index (χ0v) is 10.9. The Bertz CT molecular complexity index is 300. The molecule has 0 aromatic heterocycles. The molecule has 3 heteroatoms. The lowest BCUT2D eigenvalue weighted by Gasteiger charge is -2.39. The van der Waals surface area contributed by atoms with Gasteiger partial charge in [-0.25, -0.2) is 4.79 Å². The van der Waals surface area contributed by atoms with E-state index in [-0.39, 0.29) is 11.4 Å². The van der Waals surface area contributed by atoms with Gasteiger partial charge in [0.25, 0.3) is 0 Å². The van der Waals surface area contributed by atoms with Gasteiger partial charge in [-0.3, -0.25) is 0 Å². The normalized spacial score (nSPS) is 39.8. The van der Waals surface area contributed by atoms with Gasteiger partial charge in [-0.2, -0.15) is 0 Å². The van der Waals surface area contributed by atoms with Crippen LogP contribution < -0.4 is 10.6 Å². The minimum Gasteiger partial charge on any atom is -0.338 e. The van der Waals surface area contributed by atoms with Crippen molar-refractivity contribution in [1.29, 1.82) is 0 Å². The van der Waals surface area contributed by atoms with Gasteiger partial charge in [0.2, 0.25) is 0 Å². The third kappa shape index (κ3) is 1.44. The topological polar surface area (TPSA) is 41.1 Å². The summed E-state index contributed by atoms with van der Waals surface area (Å²) in [5.74, 6) is 0.782. The van der Waals surface area contributed by atoms with Crippen LogP contribution in [0, 0.1) is 16.7 Å². The molecule has 2 fully saturated rings. The summed E-state index contributed by atoms with van der Waals surface area (Å²) in [6.45, 7) is 9.72. The molecule has 0 saturated heterocycles. The van der Waals surface area contributed by atoms with Gasteiger partial charge in [0.1, 0.15) is 0 Å². The van der Waals surface area contributed by atoms with Crippen molar-refractivity contribution in [2.75, 3.05) is 6.54 Å². The van der Waals surface area contributed by atoms with Crippen LogP contribution >= 0.6 is 0 Å². The summed E-state index contributed by atoms with van der Waals surface area (Å²) in [4.78, 5) is 11.6. The molecular formula is C13H24N2O. The van der Waals surface area contributed by atoms with Gasteiger partial charge in [-0.1, -0.05) is 20.8 Å². The summed E-state index contributed by atoms with van der Waals surface area (Å²) in [7, 11) is 0. The highest BCUT2D eigenvalue weighted by Gasteiger charge is 2.61. The largest absolute Gasteiger partial charge is 0.338 e. The van der Waals surface area contributed by atoms with E-state index in [9.17, 15) is 4.79 Å². The Morgan fingerprint density at radius 2 is 2.06 bits per heavy atom. The number of nitrogens with one attached hydrogen (secondary N) is 2. The fraction of sp³-hybridized carbons (Fsp3) is 0.923. The summed E-state index contributed by atoms with van der Waals surface area (Å²) in [5, 5.41) is 5.98. The Hall–Kier alpha value is -0.730. The predicted molar refractivity (Wildman–Crippen MR) is 65.2 cm³/mol. The first-order valence-electron chi connectivity index (χ1n) is 6.46. The van der Waals surface area contributed by atoms with Crippen LogP contribution in [-0.2, 0) is 0 Å². The SMILES string of the molecule is CCNC(=O)NC1CC2CCC1(C)C2(C)C. The number of carbonyl (C=O) groups is 1. The number of urea groups is 1. The number of carbonyl (C=O) groups excluding carboxylic acids is 1. The van der Waals surface area contributed by atoms with E-state index in [4.69, 9.17) is 0 Å². The zero-order valence-electron chi connectivity index (χ0n) is 10.9. The Balaban J connectivity index is 2.07. The van der Waals surface area contributed by atoms with E-state index in [1.54, 1.807) is 0 Å². The van der Waals surface area contributed by atoms with Crippen molar-refractivity contribution in [2.45, 2.75) is 53.0 Å². The molecule has 2 saturated carbocycles. The Morgan fingerprint density at radius 3 is 2.50 bits per heavy atom. The van der Waals surface area contributed by atoms with Gasteiger partial charge in [-0.05, 0) is 42.9 Å². The summed E-state index contributed by atoms with van der Waals surface area (Å²) in [6, 6.07) is 0.352. The fourth-order valence-corrected chi connectivity index (χ4v) is 3.79. The number of fused-ring (bicyclic) bond motifs is 2. The van der Waals surface area contributed by atoms with Crippen LogP contribution in [0.3, 0.4) is 0 Å². The van der Waals surface area contributed by atoms with Crippen molar-refractivity contribution in [3.8, 4) is 0 Å². The quantitative estimate of drug-likeness (QED) is 0.743. The van der Waals surface area contributed by atoms with Crippen LogP contribution in [0.15, 0.2) is 0 Å². The molecule has 0 aromatic carbocycles. The van der Waals surface area contributed by atoms with Crippen molar-refractivity contribution in [3.05, 3.63) is 0 Å². The van der Waals surface area contributed by atoms with E-state index in [0.29, 0.717) is 18.0 Å². The molecule has 92 valence electrons. The molecule has 2 N–H and O–H groups in total. The van der Waals surface area contributed by atoms with Crippen molar-refractivity contribution >= 4 is 6.03 Å². The Morgan fingerprint density at radius 1 is 1.38 bits per heavy atom. The fourth-order valence-electron chi connectivity index (χ4n) is 3.79. The molecule has 2 bridgehead atoms. The molecule has 3 atom stereocenters. The molecule has 2 aliphatic rings. The molecule has 2 aliphatic carbocycles. The molecule has 0 spiro atoms. The molecule has 0 aromatic rings. The van der Waals surface area contributed by atoms with Crippen LogP contribution in [0.25, 0.3) is 0 Å². The Labute approximate surface area is 98.4 Å². The molecule has 0 heterocycles. The lowest BCUT2D eigenvalue weighted by molar-refractivity contribution is 0.123. The molecular weight excluding hydrogens is 200 g/mol. The highest BCUT2D eigenvalue weighted by atomic mass is 16.2. The van der Waals surface area contributed by atoms with Gasteiger partial charge in [-0.15, -0.1) is 0 Å². The van der Waals surface area contributed by atoms with E-state index < -0.39 is 0 Å². The van der Waals surface area contributed by atoms with E-state index in [0.717, 1.165) is 12.3 Å². The smallest absolute Gasteiger partial charge is 0.315 e. The van der Waals surface area contributed by atoms with Gasteiger partial charge in [0.05, 0.1) is 0 Å². The van der Waals surface area contributed by atoms with E-state index in [2.05, 4.69) is 31.4 Å². The minimum absolute atomic E-state index is 0.00271. The van der Waals surface area contributed by atoms with E-state index in [1.807, 2.05) is 6.92 Å². The van der Waals surface area contributed by atoms with Crippen molar-refractivity contribution in [2.24, 2.45) is 16.7 Å². The lowest BCUT2D eigenvalue weighted by Crippen LogP contribution is -2.50. The van der Waals surface area contributed by atoms with Gasteiger partial charge in [0.15, 0.2) is 0 Å². The summed E-state index contributed by atoms with van der Waals surface area (Å²) in [6.07, 6.45) is 3.74. The highest BCUT2D eigenvalue weighted by molar-refractivity contribution is 5.74. The maximum absolute atomic E-state index is 11.6.